The number of ether oxygens (including phenoxy) is 1. The van der Waals surface area contributed by atoms with E-state index >= 15 is 0 Å². The zero-order valence-electron chi connectivity index (χ0n) is 8.66. The molecule has 0 unspecified atom stereocenters. The summed E-state index contributed by atoms with van der Waals surface area (Å²) < 4.78 is 8.43. The normalized spacial score (nSPS) is 20.5. The van der Waals surface area contributed by atoms with Gasteiger partial charge in [0.2, 0.25) is 0 Å². The summed E-state index contributed by atoms with van der Waals surface area (Å²) in [7, 11) is 0. The molecule has 80 valence electrons. The van der Waals surface area contributed by atoms with Crippen LogP contribution in [0, 0.1) is 24.2 Å². The van der Waals surface area contributed by atoms with Gasteiger partial charge in [-0.15, -0.1) is 0 Å². The summed E-state index contributed by atoms with van der Waals surface area (Å²) in [6, 6.07) is 4.10. The summed E-state index contributed by atoms with van der Waals surface area (Å²) in [5.74, 6) is 0.551. The molecule has 2 rings (SSSR count). The molecular weight excluding hydrogens is 256 g/mol. The van der Waals surface area contributed by atoms with Crippen LogP contribution >= 0.6 is 15.9 Å². The molecule has 2 heterocycles. The van der Waals surface area contributed by atoms with Crippen LogP contribution in [0.5, 0.6) is 0 Å². The highest BCUT2D eigenvalue weighted by atomic mass is 79.9. The first-order valence-corrected chi connectivity index (χ1v) is 5.85. The third-order valence-electron chi connectivity index (χ3n) is 2.88. The molecule has 1 fully saturated rings. The molecule has 1 aromatic heterocycles. The van der Waals surface area contributed by atoms with Gasteiger partial charge in [0.25, 0.3) is 0 Å². The van der Waals surface area contributed by atoms with Gasteiger partial charge in [-0.25, -0.2) is 0 Å². The van der Waals surface area contributed by atoms with E-state index in [4.69, 9.17) is 10.00 Å². The fourth-order valence-electron chi connectivity index (χ4n) is 1.93. The molecule has 0 amide bonds. The van der Waals surface area contributed by atoms with Crippen LogP contribution < -0.4 is 0 Å². The molecule has 1 atom stereocenters. The number of halogens is 1. The summed E-state index contributed by atoms with van der Waals surface area (Å²) in [5.41, 5.74) is 1.85. The second-order valence-electron chi connectivity index (χ2n) is 3.91. The lowest BCUT2D eigenvalue weighted by molar-refractivity contribution is 0.182. The Balaban J connectivity index is 2.22. The number of hydrogen-bond donors (Lipinski definition) is 0. The lowest BCUT2D eigenvalue weighted by atomic mass is 10.1. The second kappa shape index (κ2) is 4.38. The molecule has 0 saturated carbocycles. The van der Waals surface area contributed by atoms with Crippen LogP contribution in [-0.2, 0) is 11.3 Å². The summed E-state index contributed by atoms with van der Waals surface area (Å²) in [6.45, 7) is 4.59. The van der Waals surface area contributed by atoms with Crippen LogP contribution in [0.3, 0.4) is 0 Å². The van der Waals surface area contributed by atoms with Crippen LogP contribution in [0.1, 0.15) is 17.8 Å². The predicted octanol–water partition coefficient (Wildman–Crippen LogP) is 2.47. The van der Waals surface area contributed by atoms with E-state index < -0.39 is 0 Å². The van der Waals surface area contributed by atoms with Gasteiger partial charge in [0.1, 0.15) is 11.8 Å². The van der Waals surface area contributed by atoms with E-state index in [1.54, 1.807) is 0 Å². The van der Waals surface area contributed by atoms with E-state index in [1.807, 2.05) is 13.0 Å². The monoisotopic (exact) mass is 268 g/mol. The Hall–Kier alpha value is -0.790. The molecule has 1 aromatic rings. The number of hydrogen-bond acceptors (Lipinski definition) is 2. The number of rotatable bonds is 2. The molecule has 0 spiro atoms. The van der Waals surface area contributed by atoms with Crippen LogP contribution in [0.25, 0.3) is 0 Å². The van der Waals surface area contributed by atoms with E-state index in [1.165, 1.54) is 0 Å². The smallest absolute Gasteiger partial charge is 0.121 e. The van der Waals surface area contributed by atoms with Crippen molar-refractivity contribution in [1.82, 2.24) is 4.57 Å². The van der Waals surface area contributed by atoms with Gasteiger partial charge in [-0.3, -0.25) is 0 Å². The highest BCUT2D eigenvalue weighted by Crippen LogP contribution is 2.24. The number of nitrogens with zero attached hydrogens (tertiary/aromatic N) is 2. The third-order valence-corrected chi connectivity index (χ3v) is 3.69. The van der Waals surface area contributed by atoms with E-state index in [2.05, 4.69) is 26.6 Å². The van der Waals surface area contributed by atoms with Gasteiger partial charge < -0.3 is 9.30 Å². The molecule has 0 aliphatic carbocycles. The van der Waals surface area contributed by atoms with Crippen molar-refractivity contribution >= 4 is 15.9 Å². The molecule has 1 saturated heterocycles. The van der Waals surface area contributed by atoms with Gasteiger partial charge in [-0.05, 0) is 35.3 Å². The Morgan fingerprint density at radius 3 is 3.13 bits per heavy atom. The lowest BCUT2D eigenvalue weighted by Crippen LogP contribution is -2.13. The molecule has 4 heteroatoms. The lowest BCUT2D eigenvalue weighted by Gasteiger charge is -2.12. The van der Waals surface area contributed by atoms with Crippen molar-refractivity contribution in [2.45, 2.75) is 19.9 Å². The molecule has 0 aromatic carbocycles. The first kappa shape index (κ1) is 10.7. The minimum atomic E-state index is 0.551. The van der Waals surface area contributed by atoms with Gasteiger partial charge in [0, 0.05) is 29.2 Å². The minimum Gasteiger partial charge on any atom is -0.381 e. The number of aromatic nitrogens is 1. The minimum absolute atomic E-state index is 0.551. The molecule has 0 radical (unpaired) electrons. The zero-order chi connectivity index (χ0) is 10.8. The zero-order valence-corrected chi connectivity index (χ0v) is 10.2. The summed E-state index contributed by atoms with van der Waals surface area (Å²) >= 11 is 3.45. The predicted molar refractivity (Wildman–Crippen MR) is 60.5 cm³/mol. The van der Waals surface area contributed by atoms with Crippen LogP contribution in [-0.4, -0.2) is 17.8 Å². The average molecular weight is 269 g/mol. The topological polar surface area (TPSA) is 38.0 Å². The Morgan fingerprint density at radius 1 is 1.73 bits per heavy atom. The van der Waals surface area contributed by atoms with Crippen LogP contribution in [0.15, 0.2) is 10.5 Å². The van der Waals surface area contributed by atoms with Gasteiger partial charge >= 0.3 is 0 Å². The second-order valence-corrected chi connectivity index (χ2v) is 4.77. The summed E-state index contributed by atoms with van der Waals surface area (Å²) in [6.07, 6.45) is 1.10. The van der Waals surface area contributed by atoms with Crippen LogP contribution in [0.2, 0.25) is 0 Å². The first-order valence-electron chi connectivity index (χ1n) is 5.06. The molecule has 1 aliphatic rings. The van der Waals surface area contributed by atoms with E-state index in [0.29, 0.717) is 5.92 Å². The van der Waals surface area contributed by atoms with Crippen molar-refractivity contribution in [2.75, 3.05) is 13.2 Å². The average Bonchev–Trinajstić information content (AvgIpc) is 2.82. The maximum atomic E-state index is 9.01. The molecule has 3 nitrogen and oxygen atoms in total. The van der Waals surface area contributed by atoms with E-state index in [0.717, 1.165) is 42.0 Å². The Labute approximate surface area is 97.8 Å². The van der Waals surface area contributed by atoms with Crippen molar-refractivity contribution in [3.8, 4) is 6.07 Å². The summed E-state index contributed by atoms with van der Waals surface area (Å²) in [4.78, 5) is 0. The van der Waals surface area contributed by atoms with Gasteiger partial charge in [0.15, 0.2) is 0 Å². The largest absolute Gasteiger partial charge is 0.381 e. The molecular formula is C11H13BrN2O. The maximum Gasteiger partial charge on any atom is 0.121 e. The molecule has 0 bridgehead atoms. The Bertz CT molecular complexity index is 399. The summed E-state index contributed by atoms with van der Waals surface area (Å²) in [5, 5.41) is 9.01. The Kier molecular flexibility index (Phi) is 3.13. The quantitative estimate of drug-likeness (QED) is 0.827. The Morgan fingerprint density at radius 2 is 2.53 bits per heavy atom. The molecule has 1 aliphatic heterocycles. The highest BCUT2D eigenvalue weighted by molar-refractivity contribution is 9.10. The van der Waals surface area contributed by atoms with Crippen molar-refractivity contribution in [3.63, 3.8) is 0 Å². The van der Waals surface area contributed by atoms with Crippen molar-refractivity contribution in [1.29, 1.82) is 5.26 Å². The SMILES string of the molecule is Cc1c(Br)cc(C#N)n1C[C@H]1CCOC1. The van der Waals surface area contributed by atoms with E-state index in [-0.39, 0.29) is 0 Å². The highest BCUT2D eigenvalue weighted by Gasteiger charge is 2.19. The first-order chi connectivity index (χ1) is 7.22. The standard InChI is InChI=1S/C11H13BrN2O/c1-8-11(12)4-10(5-13)14(8)6-9-2-3-15-7-9/h4,9H,2-3,6-7H2,1H3/t9-/m1/s1. The van der Waals surface area contributed by atoms with Gasteiger partial charge in [-0.2, -0.15) is 5.26 Å². The fraction of sp³-hybridized carbons (Fsp3) is 0.545. The van der Waals surface area contributed by atoms with Crippen molar-refractivity contribution in [3.05, 3.63) is 21.9 Å². The van der Waals surface area contributed by atoms with Crippen LogP contribution in [0.4, 0.5) is 0 Å². The van der Waals surface area contributed by atoms with Crippen molar-refractivity contribution in [2.24, 2.45) is 5.92 Å². The number of nitriles is 1. The van der Waals surface area contributed by atoms with Gasteiger partial charge in [0.05, 0.1) is 6.61 Å². The van der Waals surface area contributed by atoms with E-state index in [9.17, 15) is 0 Å². The molecule has 15 heavy (non-hydrogen) atoms. The van der Waals surface area contributed by atoms with Gasteiger partial charge in [-0.1, -0.05) is 0 Å². The van der Waals surface area contributed by atoms with Crippen molar-refractivity contribution < 1.29 is 4.74 Å². The third kappa shape index (κ3) is 2.09. The fourth-order valence-corrected chi connectivity index (χ4v) is 2.36. The molecule has 0 N–H and O–H groups in total. The maximum absolute atomic E-state index is 9.01.